The molecular weight excluding hydrogens is 408 g/mol. The maximum Gasteiger partial charge on any atom is 0.160 e. The molecule has 1 aromatic heterocycles. The summed E-state index contributed by atoms with van der Waals surface area (Å²) in [5.74, 6) is 2.51. The van der Waals surface area contributed by atoms with E-state index in [4.69, 9.17) is 23.9 Å². The van der Waals surface area contributed by atoms with Crippen LogP contribution in [0.25, 0.3) is 28.2 Å². The molecule has 0 bridgehead atoms. The van der Waals surface area contributed by atoms with Gasteiger partial charge in [0, 0.05) is 22.9 Å². The van der Waals surface area contributed by atoms with Crippen LogP contribution < -0.4 is 18.9 Å². The van der Waals surface area contributed by atoms with Crippen LogP contribution in [0.2, 0.25) is 0 Å². The molecule has 0 radical (unpaired) electrons. The molecule has 0 aliphatic rings. The molecule has 3 aromatic carbocycles. The van der Waals surface area contributed by atoms with Crippen molar-refractivity contribution in [3.8, 4) is 56.9 Å². The number of imidazole rings is 1. The highest BCUT2D eigenvalue weighted by Gasteiger charge is 2.19. The van der Waals surface area contributed by atoms with Crippen molar-refractivity contribution < 1.29 is 24.1 Å². The number of phenolic OH excluding ortho intramolecular Hbond substituents is 1. The van der Waals surface area contributed by atoms with Crippen molar-refractivity contribution >= 4 is 0 Å². The monoisotopic (exact) mass is 432 g/mol. The minimum atomic E-state index is 0.0432. The zero-order valence-electron chi connectivity index (χ0n) is 18.3. The van der Waals surface area contributed by atoms with E-state index >= 15 is 0 Å². The van der Waals surface area contributed by atoms with Crippen molar-refractivity contribution in [1.82, 2.24) is 9.55 Å². The lowest BCUT2D eigenvalue weighted by Gasteiger charge is -2.14. The van der Waals surface area contributed by atoms with E-state index in [1.54, 1.807) is 39.8 Å². The number of rotatable bonds is 7. The van der Waals surface area contributed by atoms with Crippen molar-refractivity contribution in [1.29, 1.82) is 0 Å². The van der Waals surface area contributed by atoms with E-state index in [9.17, 15) is 5.11 Å². The van der Waals surface area contributed by atoms with Gasteiger partial charge < -0.3 is 24.1 Å². The third kappa shape index (κ3) is 3.92. The second-order valence-corrected chi connectivity index (χ2v) is 7.00. The van der Waals surface area contributed by atoms with Crippen molar-refractivity contribution in [2.75, 3.05) is 28.4 Å². The zero-order valence-corrected chi connectivity index (χ0v) is 18.3. The second kappa shape index (κ2) is 8.93. The number of aromatic nitrogens is 2. The van der Waals surface area contributed by atoms with Gasteiger partial charge in [-0.2, -0.15) is 0 Å². The molecule has 0 atom stereocenters. The van der Waals surface area contributed by atoms with Crippen LogP contribution in [-0.4, -0.2) is 43.1 Å². The van der Waals surface area contributed by atoms with Crippen LogP contribution >= 0.6 is 0 Å². The molecule has 0 spiro atoms. The van der Waals surface area contributed by atoms with Gasteiger partial charge in [0.05, 0.1) is 39.8 Å². The number of ether oxygens (including phenoxy) is 4. The Morgan fingerprint density at radius 2 is 1.34 bits per heavy atom. The molecule has 0 saturated heterocycles. The smallest absolute Gasteiger partial charge is 0.160 e. The van der Waals surface area contributed by atoms with Gasteiger partial charge in [-0.05, 0) is 54.6 Å². The first kappa shape index (κ1) is 21.1. The summed E-state index contributed by atoms with van der Waals surface area (Å²) in [6.07, 6.45) is 1.75. The molecule has 4 aromatic rings. The maximum atomic E-state index is 10.4. The first-order valence-electron chi connectivity index (χ1n) is 9.90. The lowest BCUT2D eigenvalue weighted by Crippen LogP contribution is -1.97. The normalized spacial score (nSPS) is 10.6. The Bertz CT molecular complexity index is 1210. The number of benzene rings is 3. The predicted molar refractivity (Wildman–Crippen MR) is 122 cm³/mol. The second-order valence-electron chi connectivity index (χ2n) is 7.00. The van der Waals surface area contributed by atoms with Crippen molar-refractivity contribution in [3.63, 3.8) is 0 Å². The van der Waals surface area contributed by atoms with Crippen LogP contribution in [0.4, 0.5) is 0 Å². The van der Waals surface area contributed by atoms with Crippen LogP contribution in [0.1, 0.15) is 0 Å². The summed E-state index contributed by atoms with van der Waals surface area (Å²) in [5.41, 5.74) is 3.99. The fourth-order valence-electron chi connectivity index (χ4n) is 3.56. The Morgan fingerprint density at radius 3 is 1.91 bits per heavy atom. The fourth-order valence-corrected chi connectivity index (χ4v) is 3.56. The molecule has 0 aliphatic heterocycles. The van der Waals surface area contributed by atoms with Crippen LogP contribution in [0.5, 0.6) is 28.7 Å². The van der Waals surface area contributed by atoms with E-state index in [-0.39, 0.29) is 5.75 Å². The van der Waals surface area contributed by atoms with Gasteiger partial charge in [0.25, 0.3) is 0 Å². The number of hydrogen-bond acceptors (Lipinski definition) is 6. The Kier molecular flexibility index (Phi) is 5.89. The highest BCUT2D eigenvalue weighted by Crippen LogP contribution is 2.39. The van der Waals surface area contributed by atoms with Crippen LogP contribution in [0.15, 0.2) is 67.0 Å². The topological polar surface area (TPSA) is 75.0 Å². The maximum absolute atomic E-state index is 10.4. The van der Waals surface area contributed by atoms with Crippen molar-refractivity contribution in [2.24, 2.45) is 0 Å². The van der Waals surface area contributed by atoms with Gasteiger partial charge in [0.1, 0.15) is 23.6 Å². The van der Waals surface area contributed by atoms with Gasteiger partial charge in [-0.1, -0.05) is 0 Å². The molecule has 32 heavy (non-hydrogen) atoms. The average molecular weight is 432 g/mol. The largest absolute Gasteiger partial charge is 0.504 e. The van der Waals surface area contributed by atoms with Gasteiger partial charge in [-0.15, -0.1) is 0 Å². The number of nitrogens with zero attached hydrogens (tertiary/aromatic N) is 2. The van der Waals surface area contributed by atoms with Crippen LogP contribution in [0, 0.1) is 0 Å². The molecule has 7 nitrogen and oxygen atoms in total. The average Bonchev–Trinajstić information content (AvgIpc) is 3.29. The summed E-state index contributed by atoms with van der Waals surface area (Å²) >= 11 is 0. The molecule has 7 heteroatoms. The van der Waals surface area contributed by atoms with Gasteiger partial charge in [-0.3, -0.25) is 4.57 Å². The van der Waals surface area contributed by atoms with E-state index in [1.165, 1.54) is 7.11 Å². The lowest BCUT2D eigenvalue weighted by molar-refractivity contribution is 0.373. The summed E-state index contributed by atoms with van der Waals surface area (Å²) in [5, 5.41) is 10.4. The highest BCUT2D eigenvalue weighted by molar-refractivity contribution is 5.82. The first-order valence-corrected chi connectivity index (χ1v) is 9.90. The van der Waals surface area contributed by atoms with Gasteiger partial charge in [0.15, 0.2) is 11.5 Å². The van der Waals surface area contributed by atoms with E-state index in [1.807, 2.05) is 53.1 Å². The molecule has 1 N–H and O–H groups in total. The molecule has 0 aliphatic carbocycles. The Balaban J connectivity index is 1.95. The third-order valence-corrected chi connectivity index (χ3v) is 5.20. The third-order valence-electron chi connectivity index (χ3n) is 5.20. The predicted octanol–water partition coefficient (Wildman–Crippen LogP) is 4.95. The minimum absolute atomic E-state index is 0.0432. The molecule has 0 fully saturated rings. The fraction of sp³-hybridized carbons (Fsp3) is 0.160. The van der Waals surface area contributed by atoms with Crippen LogP contribution in [0.3, 0.4) is 0 Å². The van der Waals surface area contributed by atoms with Crippen LogP contribution in [-0.2, 0) is 0 Å². The summed E-state index contributed by atoms with van der Waals surface area (Å²) < 4.78 is 23.4. The Labute approximate surface area is 186 Å². The Hall–Kier alpha value is -4.13. The zero-order chi connectivity index (χ0) is 22.7. The molecule has 1 heterocycles. The lowest BCUT2D eigenvalue weighted by atomic mass is 10.0. The summed E-state index contributed by atoms with van der Waals surface area (Å²) in [6, 6.07) is 18.6. The highest BCUT2D eigenvalue weighted by atomic mass is 16.5. The van der Waals surface area contributed by atoms with Crippen molar-refractivity contribution in [3.05, 3.63) is 67.0 Å². The molecule has 164 valence electrons. The molecule has 4 rings (SSSR count). The molecule has 0 amide bonds. The molecule has 0 unspecified atom stereocenters. The van der Waals surface area contributed by atoms with Gasteiger partial charge in [0.2, 0.25) is 0 Å². The number of aromatic hydroxyl groups is 1. The quantitative estimate of drug-likeness (QED) is 0.446. The van der Waals surface area contributed by atoms with Gasteiger partial charge >= 0.3 is 0 Å². The SMILES string of the molecule is COc1ccc(-n2cnc(-c3cc(OC)cc(OC)c3)c2-c2ccc(OC)c(O)c2)cc1. The number of methoxy groups -OCH3 is 4. The summed E-state index contributed by atoms with van der Waals surface area (Å²) in [4.78, 5) is 4.71. The first-order chi connectivity index (χ1) is 15.6. The number of phenols is 1. The standard InChI is InChI=1S/C25H24N2O5/c1-29-19-8-6-18(7-9-19)27-15-26-24(17-11-20(30-2)14-21(12-17)31-3)25(27)16-5-10-23(32-4)22(28)13-16/h5-15,28H,1-4H3. The minimum Gasteiger partial charge on any atom is -0.504 e. The van der Waals surface area contributed by atoms with Crippen molar-refractivity contribution in [2.45, 2.75) is 0 Å². The number of hydrogen-bond donors (Lipinski definition) is 1. The Morgan fingerprint density at radius 1 is 0.688 bits per heavy atom. The summed E-state index contributed by atoms with van der Waals surface area (Å²) in [6.45, 7) is 0. The van der Waals surface area contributed by atoms with E-state index in [0.717, 1.165) is 28.3 Å². The van der Waals surface area contributed by atoms with E-state index in [0.29, 0.717) is 22.9 Å². The molecule has 0 saturated carbocycles. The van der Waals surface area contributed by atoms with Gasteiger partial charge in [-0.25, -0.2) is 4.98 Å². The summed E-state index contributed by atoms with van der Waals surface area (Å²) in [7, 11) is 6.37. The van der Waals surface area contributed by atoms with E-state index < -0.39 is 0 Å². The molecular formula is C25H24N2O5. The van der Waals surface area contributed by atoms with E-state index in [2.05, 4.69) is 0 Å².